The van der Waals surface area contributed by atoms with Gasteiger partial charge >= 0.3 is 0 Å². The molecule has 1 aromatic heterocycles. The molecule has 1 unspecified atom stereocenters. The monoisotopic (exact) mass is 266 g/mol. The van der Waals surface area contributed by atoms with E-state index in [1.807, 2.05) is 30.5 Å². The highest BCUT2D eigenvalue weighted by atomic mass is 32.2. The van der Waals surface area contributed by atoms with E-state index >= 15 is 0 Å². The summed E-state index contributed by atoms with van der Waals surface area (Å²) in [5.41, 5.74) is 0. The highest BCUT2D eigenvalue weighted by molar-refractivity contribution is 8.14. The molecule has 2 heterocycles. The van der Waals surface area contributed by atoms with Crippen LogP contribution < -0.4 is 5.32 Å². The average Bonchev–Trinajstić information content (AvgIpc) is 2.98. The zero-order valence-electron chi connectivity index (χ0n) is 11.2. The Kier molecular flexibility index (Phi) is 5.11. The minimum atomic E-state index is 0.665. The minimum Gasteiger partial charge on any atom is -0.365 e. The van der Waals surface area contributed by atoms with Gasteiger partial charge in [-0.3, -0.25) is 4.99 Å². The highest BCUT2D eigenvalue weighted by Gasteiger charge is 2.21. The molecule has 0 saturated carbocycles. The number of thioether (sulfide) groups is 1. The summed E-state index contributed by atoms with van der Waals surface area (Å²) < 4.78 is 2.12. The van der Waals surface area contributed by atoms with Crippen molar-refractivity contribution in [2.24, 2.45) is 10.9 Å². The predicted octanol–water partition coefficient (Wildman–Crippen LogP) is 2.38. The van der Waals surface area contributed by atoms with Crippen molar-refractivity contribution in [1.29, 1.82) is 0 Å². The summed E-state index contributed by atoms with van der Waals surface area (Å²) in [6.07, 6.45) is 8.06. The maximum atomic E-state index is 4.54. The van der Waals surface area contributed by atoms with E-state index in [1.165, 1.54) is 12.8 Å². The Balaban J connectivity index is 1.54. The number of aliphatic imine (C=N–C) groups is 1. The molecule has 0 amide bonds. The fraction of sp³-hybridized carbons (Fsp3) is 0.692. The Morgan fingerprint density at radius 2 is 2.39 bits per heavy atom. The van der Waals surface area contributed by atoms with Gasteiger partial charge in [0.25, 0.3) is 0 Å². The van der Waals surface area contributed by atoms with E-state index in [-0.39, 0.29) is 0 Å². The van der Waals surface area contributed by atoms with E-state index in [2.05, 4.69) is 33.7 Å². The Labute approximate surface area is 113 Å². The first kappa shape index (κ1) is 13.5. The summed E-state index contributed by atoms with van der Waals surface area (Å²) in [7, 11) is 0. The van der Waals surface area contributed by atoms with Crippen LogP contribution in [-0.2, 0) is 6.54 Å². The second-order valence-corrected chi connectivity index (χ2v) is 6.21. The number of nitrogens with one attached hydrogen (secondary N) is 1. The van der Waals surface area contributed by atoms with Gasteiger partial charge in [-0.1, -0.05) is 25.6 Å². The molecule has 1 atom stereocenters. The average molecular weight is 266 g/mol. The van der Waals surface area contributed by atoms with Crippen molar-refractivity contribution in [2.45, 2.75) is 38.5 Å². The van der Waals surface area contributed by atoms with Crippen LogP contribution in [0.5, 0.6) is 0 Å². The zero-order valence-corrected chi connectivity index (χ0v) is 12.0. The van der Waals surface area contributed by atoms with Crippen LogP contribution in [0.4, 0.5) is 0 Å². The first-order chi connectivity index (χ1) is 8.75. The fourth-order valence-electron chi connectivity index (χ4n) is 1.87. The third-order valence-electron chi connectivity index (χ3n) is 3.10. The normalized spacial score (nSPS) is 19.3. The first-order valence-electron chi connectivity index (χ1n) is 6.66. The molecule has 0 radical (unpaired) electrons. The van der Waals surface area contributed by atoms with E-state index < -0.39 is 0 Å². The van der Waals surface area contributed by atoms with E-state index in [1.54, 1.807) is 0 Å². The molecule has 1 N–H and O–H groups in total. The van der Waals surface area contributed by atoms with Gasteiger partial charge in [-0.2, -0.15) is 0 Å². The van der Waals surface area contributed by atoms with Crippen LogP contribution in [0, 0.1) is 5.92 Å². The van der Waals surface area contributed by atoms with Crippen LogP contribution in [0.3, 0.4) is 0 Å². The number of hydrogen-bond donors (Lipinski definition) is 1. The van der Waals surface area contributed by atoms with Crippen LogP contribution in [0.25, 0.3) is 0 Å². The molecule has 0 bridgehead atoms. The number of imidazole rings is 1. The third kappa shape index (κ3) is 4.05. The topological polar surface area (TPSA) is 42.2 Å². The lowest BCUT2D eigenvalue weighted by Gasteiger charge is -2.12. The van der Waals surface area contributed by atoms with Crippen molar-refractivity contribution < 1.29 is 0 Å². The Morgan fingerprint density at radius 1 is 1.50 bits per heavy atom. The third-order valence-corrected chi connectivity index (χ3v) is 4.59. The number of hydrogen-bond acceptors (Lipinski definition) is 4. The predicted molar refractivity (Wildman–Crippen MR) is 78.0 cm³/mol. The summed E-state index contributed by atoms with van der Waals surface area (Å²) in [6.45, 7) is 7.57. The van der Waals surface area contributed by atoms with Gasteiger partial charge in [0.1, 0.15) is 0 Å². The molecule has 100 valence electrons. The van der Waals surface area contributed by atoms with Crippen LogP contribution >= 0.6 is 11.8 Å². The molecule has 0 fully saturated rings. The molecule has 0 spiro atoms. The maximum absolute atomic E-state index is 4.54. The molecule has 18 heavy (non-hydrogen) atoms. The van der Waals surface area contributed by atoms with Crippen molar-refractivity contribution in [3.05, 3.63) is 18.7 Å². The number of nitrogens with zero attached hydrogens (tertiary/aromatic N) is 3. The minimum absolute atomic E-state index is 0.665. The van der Waals surface area contributed by atoms with Gasteiger partial charge < -0.3 is 9.88 Å². The Morgan fingerprint density at radius 3 is 3.06 bits per heavy atom. The van der Waals surface area contributed by atoms with Crippen LogP contribution in [-0.4, -0.2) is 33.1 Å². The number of unbranched alkanes of at least 4 members (excludes halogenated alkanes) is 1. The van der Waals surface area contributed by atoms with Crippen LogP contribution in [0.15, 0.2) is 23.7 Å². The number of aryl methyl sites for hydroxylation is 1. The molecule has 1 aliphatic rings. The van der Waals surface area contributed by atoms with Crippen molar-refractivity contribution in [3.8, 4) is 0 Å². The largest absolute Gasteiger partial charge is 0.365 e. The van der Waals surface area contributed by atoms with Gasteiger partial charge in [0, 0.05) is 30.7 Å². The van der Waals surface area contributed by atoms with E-state index in [0.29, 0.717) is 11.2 Å². The van der Waals surface area contributed by atoms with E-state index in [4.69, 9.17) is 0 Å². The standard InChI is InChI=1S/C13H22N4S/c1-11(2)12-9-16-13(18-12)15-5-3-4-7-17-8-6-14-10-17/h6,8,10-12H,3-5,7,9H2,1-2H3,(H,15,16). The molecule has 0 aromatic carbocycles. The van der Waals surface area contributed by atoms with Crippen molar-refractivity contribution in [1.82, 2.24) is 14.9 Å². The molecule has 4 nitrogen and oxygen atoms in total. The van der Waals surface area contributed by atoms with E-state index in [0.717, 1.165) is 24.8 Å². The summed E-state index contributed by atoms with van der Waals surface area (Å²) in [4.78, 5) is 8.57. The molecule has 2 rings (SSSR count). The summed E-state index contributed by atoms with van der Waals surface area (Å²) in [6, 6.07) is 0. The summed E-state index contributed by atoms with van der Waals surface area (Å²) in [5.74, 6) is 0.708. The van der Waals surface area contributed by atoms with Crippen molar-refractivity contribution in [3.63, 3.8) is 0 Å². The van der Waals surface area contributed by atoms with Crippen molar-refractivity contribution >= 4 is 16.9 Å². The smallest absolute Gasteiger partial charge is 0.156 e. The van der Waals surface area contributed by atoms with Gasteiger partial charge in [-0.15, -0.1) is 0 Å². The maximum Gasteiger partial charge on any atom is 0.156 e. The van der Waals surface area contributed by atoms with Gasteiger partial charge in [-0.05, 0) is 18.8 Å². The van der Waals surface area contributed by atoms with Crippen molar-refractivity contribution in [2.75, 3.05) is 13.1 Å². The lowest BCUT2D eigenvalue weighted by atomic mass is 10.1. The number of amidine groups is 1. The van der Waals surface area contributed by atoms with Gasteiger partial charge in [0.15, 0.2) is 5.17 Å². The zero-order chi connectivity index (χ0) is 12.8. The molecule has 0 aliphatic carbocycles. The van der Waals surface area contributed by atoms with Gasteiger partial charge in [0.2, 0.25) is 0 Å². The van der Waals surface area contributed by atoms with E-state index in [9.17, 15) is 0 Å². The molecule has 5 heteroatoms. The second-order valence-electron chi connectivity index (χ2n) is 4.98. The number of aromatic nitrogens is 2. The molecular weight excluding hydrogens is 244 g/mol. The summed E-state index contributed by atoms with van der Waals surface area (Å²) in [5, 5.41) is 5.24. The highest BCUT2D eigenvalue weighted by Crippen LogP contribution is 2.25. The van der Waals surface area contributed by atoms with Crippen LogP contribution in [0.2, 0.25) is 0 Å². The quantitative estimate of drug-likeness (QED) is 0.804. The molecule has 1 aliphatic heterocycles. The number of rotatable bonds is 6. The second kappa shape index (κ2) is 6.83. The summed E-state index contributed by atoms with van der Waals surface area (Å²) >= 11 is 1.90. The Hall–Kier alpha value is -0.970. The fourth-order valence-corrected chi connectivity index (χ4v) is 2.91. The Bertz CT molecular complexity index is 372. The van der Waals surface area contributed by atoms with Gasteiger partial charge in [0.05, 0.1) is 12.9 Å². The lowest BCUT2D eigenvalue weighted by Crippen LogP contribution is -2.21. The SMILES string of the molecule is CC(C)C1CN=C(NCCCCn2ccnc2)S1. The molecular formula is C13H22N4S. The molecule has 1 aromatic rings. The first-order valence-corrected chi connectivity index (χ1v) is 7.54. The lowest BCUT2D eigenvalue weighted by molar-refractivity contribution is 0.603. The van der Waals surface area contributed by atoms with Gasteiger partial charge in [-0.25, -0.2) is 4.98 Å². The molecule has 0 saturated heterocycles. The van der Waals surface area contributed by atoms with Crippen LogP contribution in [0.1, 0.15) is 26.7 Å².